The number of benzene rings is 1. The summed E-state index contributed by atoms with van der Waals surface area (Å²) in [4.78, 5) is 11.3. The minimum Gasteiger partial charge on any atom is -0.482 e. The number of amides is 1. The predicted octanol–water partition coefficient (Wildman–Crippen LogP) is 0.121. The molecule has 1 amide bonds. The number of nitrogens with one attached hydrogen (secondary N) is 3. The zero-order valence-electron chi connectivity index (χ0n) is 10.2. The number of rotatable bonds is 2. The zero-order valence-corrected chi connectivity index (χ0v) is 10.2. The molecule has 18 heavy (non-hydrogen) atoms. The van der Waals surface area contributed by atoms with Gasteiger partial charge in [-0.05, 0) is 24.1 Å². The van der Waals surface area contributed by atoms with Gasteiger partial charge in [0.05, 0.1) is 5.69 Å². The third-order valence-corrected chi connectivity index (χ3v) is 3.28. The van der Waals surface area contributed by atoms with Crippen LogP contribution in [0, 0.1) is 0 Å². The lowest BCUT2D eigenvalue weighted by Crippen LogP contribution is -2.49. The second kappa shape index (κ2) is 4.96. The molecule has 0 aliphatic carbocycles. The van der Waals surface area contributed by atoms with E-state index in [4.69, 9.17) is 4.74 Å². The smallest absolute Gasteiger partial charge is 0.262 e. The average molecular weight is 247 g/mol. The second-order valence-electron chi connectivity index (χ2n) is 4.73. The van der Waals surface area contributed by atoms with Crippen LogP contribution in [0.2, 0.25) is 0 Å². The number of carbonyl (C=O) groups is 1. The van der Waals surface area contributed by atoms with Crippen LogP contribution >= 0.6 is 0 Å². The fraction of sp³-hybridized carbons (Fsp3) is 0.462. The largest absolute Gasteiger partial charge is 0.482 e. The number of hydrogen-bond donors (Lipinski definition) is 3. The Morgan fingerprint density at radius 2 is 2.28 bits per heavy atom. The van der Waals surface area contributed by atoms with Gasteiger partial charge >= 0.3 is 0 Å². The second-order valence-corrected chi connectivity index (χ2v) is 4.73. The fourth-order valence-electron chi connectivity index (χ4n) is 2.40. The monoisotopic (exact) mass is 247 g/mol. The number of anilines is 1. The van der Waals surface area contributed by atoms with Crippen molar-refractivity contribution in [2.45, 2.75) is 12.5 Å². The molecule has 2 aliphatic heterocycles. The molecule has 0 radical (unpaired) electrons. The Balaban J connectivity index is 1.73. The van der Waals surface area contributed by atoms with E-state index in [0.29, 0.717) is 6.04 Å². The van der Waals surface area contributed by atoms with E-state index in [1.807, 2.05) is 12.1 Å². The van der Waals surface area contributed by atoms with Gasteiger partial charge in [-0.1, -0.05) is 6.07 Å². The molecule has 2 aliphatic rings. The summed E-state index contributed by atoms with van der Waals surface area (Å²) in [5.41, 5.74) is 1.99. The first-order valence-electron chi connectivity index (χ1n) is 6.31. The summed E-state index contributed by atoms with van der Waals surface area (Å²) in [6.07, 6.45) is 0.955. The van der Waals surface area contributed by atoms with Crippen LogP contribution in [0.25, 0.3) is 0 Å². The van der Waals surface area contributed by atoms with E-state index in [-0.39, 0.29) is 12.5 Å². The van der Waals surface area contributed by atoms with Crippen LogP contribution in [0.3, 0.4) is 0 Å². The molecular formula is C13H17N3O2. The van der Waals surface area contributed by atoms with E-state index >= 15 is 0 Å². The molecule has 2 heterocycles. The third kappa shape index (κ3) is 2.47. The number of carbonyl (C=O) groups excluding carboxylic acids is 1. The summed E-state index contributed by atoms with van der Waals surface area (Å²) in [5, 5.41) is 9.68. The van der Waals surface area contributed by atoms with Crippen molar-refractivity contribution in [2.75, 3.05) is 31.6 Å². The third-order valence-electron chi connectivity index (χ3n) is 3.28. The highest BCUT2D eigenvalue weighted by Gasteiger charge is 2.17. The molecule has 0 saturated carbocycles. The SMILES string of the molecule is O=C1COc2ccc(CC3CNCCN3)cc2N1. The standard InChI is InChI=1S/C13H17N3O2/c17-13-8-18-12-2-1-9(6-11(12)16-13)5-10-7-14-3-4-15-10/h1-2,6,10,14-15H,3-5,7-8H2,(H,16,17). The molecule has 0 spiro atoms. The van der Waals surface area contributed by atoms with Gasteiger partial charge in [0, 0.05) is 25.7 Å². The van der Waals surface area contributed by atoms with Crippen LogP contribution in [-0.4, -0.2) is 38.2 Å². The summed E-state index contributed by atoms with van der Waals surface area (Å²) in [7, 11) is 0. The molecule has 1 aromatic rings. The van der Waals surface area contributed by atoms with Crippen LogP contribution in [0.4, 0.5) is 5.69 Å². The molecule has 1 saturated heterocycles. The van der Waals surface area contributed by atoms with E-state index < -0.39 is 0 Å². The van der Waals surface area contributed by atoms with E-state index in [1.165, 1.54) is 5.56 Å². The van der Waals surface area contributed by atoms with Gasteiger partial charge in [0.15, 0.2) is 6.61 Å². The lowest BCUT2D eigenvalue weighted by Gasteiger charge is -2.25. The van der Waals surface area contributed by atoms with E-state index in [2.05, 4.69) is 22.0 Å². The molecule has 3 rings (SSSR count). The van der Waals surface area contributed by atoms with Gasteiger partial charge in [-0.15, -0.1) is 0 Å². The van der Waals surface area contributed by atoms with E-state index in [1.54, 1.807) is 0 Å². The number of piperazine rings is 1. The summed E-state index contributed by atoms with van der Waals surface area (Å²) < 4.78 is 5.34. The van der Waals surface area contributed by atoms with Gasteiger partial charge in [0.25, 0.3) is 5.91 Å². The van der Waals surface area contributed by atoms with Gasteiger partial charge in [-0.2, -0.15) is 0 Å². The summed E-state index contributed by atoms with van der Waals surface area (Å²) in [5.74, 6) is 0.671. The Labute approximate surface area is 106 Å². The molecule has 96 valence electrons. The highest BCUT2D eigenvalue weighted by atomic mass is 16.5. The van der Waals surface area contributed by atoms with Crippen molar-refractivity contribution in [1.29, 1.82) is 0 Å². The molecule has 1 atom stereocenters. The molecule has 5 nitrogen and oxygen atoms in total. The van der Waals surface area contributed by atoms with Crippen LogP contribution in [0.15, 0.2) is 18.2 Å². The van der Waals surface area contributed by atoms with Gasteiger partial charge in [0.1, 0.15) is 5.75 Å². The molecule has 5 heteroatoms. The van der Waals surface area contributed by atoms with Crippen LogP contribution in [0.1, 0.15) is 5.56 Å². The van der Waals surface area contributed by atoms with Gasteiger partial charge in [-0.25, -0.2) is 0 Å². The van der Waals surface area contributed by atoms with Gasteiger partial charge < -0.3 is 20.7 Å². The van der Waals surface area contributed by atoms with Crippen molar-refractivity contribution in [1.82, 2.24) is 10.6 Å². The van der Waals surface area contributed by atoms with Gasteiger partial charge in [0.2, 0.25) is 0 Å². The minimum absolute atomic E-state index is 0.0860. The summed E-state index contributed by atoms with van der Waals surface area (Å²) in [6.45, 7) is 3.14. The van der Waals surface area contributed by atoms with E-state index in [0.717, 1.165) is 37.5 Å². The van der Waals surface area contributed by atoms with Crippen molar-refractivity contribution >= 4 is 11.6 Å². The highest BCUT2D eigenvalue weighted by Crippen LogP contribution is 2.28. The average Bonchev–Trinajstić information content (AvgIpc) is 2.39. The predicted molar refractivity (Wildman–Crippen MR) is 68.9 cm³/mol. The maximum absolute atomic E-state index is 11.3. The maximum Gasteiger partial charge on any atom is 0.262 e. The van der Waals surface area contributed by atoms with Crippen LogP contribution < -0.4 is 20.7 Å². The van der Waals surface area contributed by atoms with Crippen molar-refractivity contribution < 1.29 is 9.53 Å². The summed E-state index contributed by atoms with van der Waals surface area (Å²) >= 11 is 0. The lowest BCUT2D eigenvalue weighted by molar-refractivity contribution is -0.118. The molecule has 3 N–H and O–H groups in total. The molecule has 1 unspecified atom stereocenters. The molecule has 1 fully saturated rings. The molecule has 0 bridgehead atoms. The Morgan fingerprint density at radius 3 is 3.11 bits per heavy atom. The summed E-state index contributed by atoms with van der Waals surface area (Å²) in [6, 6.07) is 6.45. The van der Waals surface area contributed by atoms with E-state index in [9.17, 15) is 4.79 Å². The van der Waals surface area contributed by atoms with Crippen molar-refractivity contribution in [3.63, 3.8) is 0 Å². The Morgan fingerprint density at radius 1 is 1.33 bits per heavy atom. The number of fused-ring (bicyclic) bond motifs is 1. The maximum atomic E-state index is 11.3. The number of ether oxygens (including phenoxy) is 1. The lowest BCUT2D eigenvalue weighted by atomic mass is 10.0. The Kier molecular flexibility index (Phi) is 3.17. The first kappa shape index (κ1) is 11.5. The molecular weight excluding hydrogens is 230 g/mol. The highest BCUT2D eigenvalue weighted by molar-refractivity contribution is 5.95. The normalized spacial score (nSPS) is 22.9. The Bertz CT molecular complexity index is 456. The molecule has 1 aromatic carbocycles. The molecule has 0 aromatic heterocycles. The first-order valence-corrected chi connectivity index (χ1v) is 6.31. The zero-order chi connectivity index (χ0) is 12.4. The fourth-order valence-corrected chi connectivity index (χ4v) is 2.40. The quantitative estimate of drug-likeness (QED) is 0.695. The first-order chi connectivity index (χ1) is 8.81. The van der Waals surface area contributed by atoms with Crippen molar-refractivity contribution in [3.8, 4) is 5.75 Å². The van der Waals surface area contributed by atoms with Crippen LogP contribution in [0.5, 0.6) is 5.75 Å². The van der Waals surface area contributed by atoms with Crippen LogP contribution in [-0.2, 0) is 11.2 Å². The Hall–Kier alpha value is -1.59. The van der Waals surface area contributed by atoms with Crippen molar-refractivity contribution in [3.05, 3.63) is 23.8 Å². The van der Waals surface area contributed by atoms with Gasteiger partial charge in [-0.3, -0.25) is 4.79 Å². The van der Waals surface area contributed by atoms with Crippen molar-refractivity contribution in [2.24, 2.45) is 0 Å². The number of hydrogen-bond acceptors (Lipinski definition) is 4. The minimum atomic E-state index is -0.0860. The topological polar surface area (TPSA) is 62.4 Å².